The zero-order valence-corrected chi connectivity index (χ0v) is 21.6. The van der Waals surface area contributed by atoms with Gasteiger partial charge in [-0.1, -0.05) is 0 Å². The number of esters is 1. The number of pyridine rings is 1. The van der Waals surface area contributed by atoms with Crippen LogP contribution in [0.25, 0.3) is 22.3 Å². The number of hydrogen-bond donors (Lipinski definition) is 2. The van der Waals surface area contributed by atoms with Crippen LogP contribution in [0, 0.1) is 0 Å². The lowest BCUT2D eigenvalue weighted by Crippen LogP contribution is -2.38. The van der Waals surface area contributed by atoms with Crippen LogP contribution in [0.5, 0.6) is 5.75 Å². The van der Waals surface area contributed by atoms with E-state index in [1.54, 1.807) is 25.8 Å². The first-order valence-corrected chi connectivity index (χ1v) is 12.3. The van der Waals surface area contributed by atoms with E-state index in [1.165, 1.54) is 7.11 Å². The number of rotatable bonds is 9. The Labute approximate surface area is 220 Å². The molecule has 0 unspecified atom stereocenters. The van der Waals surface area contributed by atoms with Gasteiger partial charge in [-0.15, -0.1) is 0 Å². The molecule has 4 aromatic rings. The number of aryl methyl sites for hydroxylation is 1. The summed E-state index contributed by atoms with van der Waals surface area (Å²) in [7, 11) is 4.94. The number of aromatic nitrogens is 5. The van der Waals surface area contributed by atoms with Crippen molar-refractivity contribution in [2.24, 2.45) is 7.05 Å². The molecule has 12 nitrogen and oxygen atoms in total. The summed E-state index contributed by atoms with van der Waals surface area (Å²) in [4.78, 5) is 33.2. The summed E-state index contributed by atoms with van der Waals surface area (Å²) in [6.45, 7) is 4.83. The Morgan fingerprint density at radius 1 is 1.11 bits per heavy atom. The number of imidazole rings is 1. The Morgan fingerprint density at radius 2 is 1.89 bits per heavy atom. The first kappa shape index (κ1) is 25.4. The summed E-state index contributed by atoms with van der Waals surface area (Å²) in [5, 5.41) is 6.27. The summed E-state index contributed by atoms with van der Waals surface area (Å²) >= 11 is 0. The molecule has 2 N–H and O–H groups in total. The molecule has 1 aromatic carbocycles. The zero-order valence-electron chi connectivity index (χ0n) is 21.6. The molecule has 38 heavy (non-hydrogen) atoms. The molecule has 0 spiro atoms. The molecule has 1 aliphatic rings. The van der Waals surface area contributed by atoms with Crippen LogP contribution in [0.4, 0.5) is 17.3 Å². The number of fused-ring (bicyclic) bond motifs is 1. The van der Waals surface area contributed by atoms with Gasteiger partial charge >= 0.3 is 5.97 Å². The maximum Gasteiger partial charge on any atom is 0.360 e. The lowest BCUT2D eigenvalue weighted by Gasteiger charge is -2.26. The van der Waals surface area contributed by atoms with Gasteiger partial charge in [-0.25, -0.2) is 19.7 Å². The lowest BCUT2D eigenvalue weighted by molar-refractivity contribution is 0.0322. The highest BCUT2D eigenvalue weighted by Crippen LogP contribution is 2.32. The van der Waals surface area contributed by atoms with Crippen molar-refractivity contribution in [2.75, 3.05) is 64.2 Å². The van der Waals surface area contributed by atoms with E-state index in [2.05, 4.69) is 35.5 Å². The van der Waals surface area contributed by atoms with Gasteiger partial charge in [-0.3, -0.25) is 9.88 Å². The molecule has 0 aliphatic carbocycles. The predicted octanol–water partition coefficient (Wildman–Crippen LogP) is 2.71. The van der Waals surface area contributed by atoms with Gasteiger partial charge in [-0.05, 0) is 24.3 Å². The average Bonchev–Trinajstić information content (AvgIpc) is 3.34. The van der Waals surface area contributed by atoms with Crippen molar-refractivity contribution in [3.05, 3.63) is 48.7 Å². The number of carbonyl (C=O) groups excluding carboxylic acids is 1. The van der Waals surface area contributed by atoms with E-state index in [0.29, 0.717) is 34.9 Å². The first-order chi connectivity index (χ1) is 18.6. The molecule has 1 saturated heterocycles. The number of morpholine rings is 1. The Hall–Kier alpha value is -4.29. The number of benzene rings is 1. The minimum absolute atomic E-state index is 0.0419. The van der Waals surface area contributed by atoms with Gasteiger partial charge in [0.05, 0.1) is 43.9 Å². The Balaban J connectivity index is 1.38. The summed E-state index contributed by atoms with van der Waals surface area (Å²) in [6, 6.07) is 7.46. The summed E-state index contributed by atoms with van der Waals surface area (Å²) < 4.78 is 18.2. The number of anilines is 3. The van der Waals surface area contributed by atoms with Crippen molar-refractivity contribution >= 4 is 34.3 Å². The molecule has 198 valence electrons. The number of methoxy groups -OCH3 is 1. The van der Waals surface area contributed by atoms with Gasteiger partial charge in [0.2, 0.25) is 0 Å². The van der Waals surface area contributed by atoms with Crippen molar-refractivity contribution < 1.29 is 19.0 Å². The number of hydrogen-bond acceptors (Lipinski definition) is 11. The van der Waals surface area contributed by atoms with Crippen LogP contribution in [0.1, 0.15) is 10.5 Å². The molecular formula is C26H30N8O4. The van der Waals surface area contributed by atoms with E-state index >= 15 is 0 Å². The fourth-order valence-corrected chi connectivity index (χ4v) is 4.23. The molecule has 0 saturated carbocycles. The normalized spacial score (nSPS) is 13.9. The van der Waals surface area contributed by atoms with Crippen molar-refractivity contribution in [2.45, 2.75) is 0 Å². The first-order valence-electron chi connectivity index (χ1n) is 12.3. The number of nitrogens with one attached hydrogen (secondary N) is 2. The zero-order chi connectivity index (χ0) is 26.5. The van der Waals surface area contributed by atoms with Gasteiger partial charge in [0.15, 0.2) is 17.3 Å². The van der Waals surface area contributed by atoms with Crippen LogP contribution < -0.4 is 15.4 Å². The van der Waals surface area contributed by atoms with Crippen LogP contribution in [0.3, 0.4) is 0 Å². The second-order valence-electron chi connectivity index (χ2n) is 8.72. The predicted molar refractivity (Wildman–Crippen MR) is 143 cm³/mol. The second kappa shape index (κ2) is 11.4. The van der Waals surface area contributed by atoms with Crippen molar-refractivity contribution in [1.82, 2.24) is 29.4 Å². The molecule has 1 aliphatic heterocycles. The van der Waals surface area contributed by atoms with Gasteiger partial charge < -0.3 is 29.4 Å². The highest BCUT2D eigenvalue weighted by Gasteiger charge is 2.23. The molecule has 0 atom stereocenters. The third kappa shape index (κ3) is 5.36. The Kier molecular flexibility index (Phi) is 7.61. The second-order valence-corrected chi connectivity index (χ2v) is 8.72. The van der Waals surface area contributed by atoms with Gasteiger partial charge in [0, 0.05) is 45.6 Å². The quantitative estimate of drug-likeness (QED) is 0.317. The maximum atomic E-state index is 12.7. The van der Waals surface area contributed by atoms with E-state index in [0.717, 1.165) is 44.1 Å². The third-order valence-corrected chi connectivity index (χ3v) is 6.30. The minimum atomic E-state index is -0.617. The van der Waals surface area contributed by atoms with Gasteiger partial charge in [0.1, 0.15) is 23.6 Å². The molecule has 1 fully saturated rings. The Bertz CT molecular complexity index is 1420. The highest BCUT2D eigenvalue weighted by molar-refractivity contribution is 5.98. The molecule has 0 bridgehead atoms. The smallest absolute Gasteiger partial charge is 0.360 e. The Morgan fingerprint density at radius 3 is 2.63 bits per heavy atom. The van der Waals surface area contributed by atoms with E-state index < -0.39 is 5.97 Å². The summed E-state index contributed by atoms with van der Waals surface area (Å²) in [6.07, 6.45) is 5.09. The molecule has 5 rings (SSSR count). The molecule has 12 heteroatoms. The third-order valence-electron chi connectivity index (χ3n) is 6.30. The van der Waals surface area contributed by atoms with Crippen molar-refractivity contribution in [1.29, 1.82) is 0 Å². The van der Waals surface area contributed by atoms with Crippen LogP contribution >= 0.6 is 0 Å². The van der Waals surface area contributed by atoms with Crippen LogP contribution in [-0.2, 0) is 16.5 Å². The molecule has 4 heterocycles. The highest BCUT2D eigenvalue weighted by atomic mass is 16.5. The van der Waals surface area contributed by atoms with E-state index in [-0.39, 0.29) is 11.5 Å². The fourth-order valence-electron chi connectivity index (χ4n) is 4.23. The van der Waals surface area contributed by atoms with Crippen LogP contribution in [-0.4, -0.2) is 89.0 Å². The molecule has 0 radical (unpaired) electrons. The van der Waals surface area contributed by atoms with Crippen LogP contribution in [0.15, 0.2) is 43.0 Å². The minimum Gasteiger partial charge on any atom is -0.492 e. The summed E-state index contributed by atoms with van der Waals surface area (Å²) in [5.41, 5.74) is 3.39. The standard InChI is InChI=1S/C26H30N8O4/c1-27-24-22(19-14-28-15-20-21(19)29-16-33(20)2)31-23(26(35)36-3)25(32-24)30-17-4-6-18(7-5-17)38-13-10-34-8-11-37-12-9-34/h4-7,14-16H,8-13H2,1-3H3,(H2,27,30,32). The summed E-state index contributed by atoms with van der Waals surface area (Å²) in [5.74, 6) is 0.855. The molecule has 3 aromatic heterocycles. The average molecular weight is 519 g/mol. The number of ether oxygens (including phenoxy) is 3. The monoisotopic (exact) mass is 518 g/mol. The SMILES string of the molecule is CNc1nc(Nc2ccc(OCCN3CCOCC3)cc2)c(C(=O)OC)nc1-c1cncc2c1ncn2C. The van der Waals surface area contributed by atoms with E-state index in [4.69, 9.17) is 14.2 Å². The van der Waals surface area contributed by atoms with Gasteiger partial charge in [-0.2, -0.15) is 0 Å². The molecular weight excluding hydrogens is 488 g/mol. The van der Waals surface area contributed by atoms with E-state index in [1.807, 2.05) is 35.9 Å². The topological polar surface area (TPSA) is 129 Å². The fraction of sp³-hybridized carbons (Fsp3) is 0.346. The van der Waals surface area contributed by atoms with Gasteiger partial charge in [0.25, 0.3) is 0 Å². The van der Waals surface area contributed by atoms with Crippen molar-refractivity contribution in [3.8, 4) is 17.0 Å². The lowest BCUT2D eigenvalue weighted by atomic mass is 10.1. The molecule has 0 amide bonds. The number of carbonyl (C=O) groups is 1. The largest absolute Gasteiger partial charge is 0.492 e. The number of nitrogens with zero attached hydrogens (tertiary/aromatic N) is 6. The van der Waals surface area contributed by atoms with Crippen molar-refractivity contribution in [3.63, 3.8) is 0 Å². The van der Waals surface area contributed by atoms with E-state index in [9.17, 15) is 4.79 Å². The van der Waals surface area contributed by atoms with Crippen LogP contribution in [0.2, 0.25) is 0 Å². The maximum absolute atomic E-state index is 12.7.